The summed E-state index contributed by atoms with van der Waals surface area (Å²) in [5.41, 5.74) is -0.134. The molecule has 228 valence electrons. The first-order valence-electron chi connectivity index (χ1n) is 14.9. The van der Waals surface area contributed by atoms with Gasteiger partial charge in [0.2, 0.25) is 17.7 Å². The molecule has 3 saturated heterocycles. The second kappa shape index (κ2) is 10.9. The second-order valence-corrected chi connectivity index (χ2v) is 12.2. The molecule has 1 aromatic heterocycles. The standard InChI is InChI=1S/C31H38N6O6/c1-5-42-20-12-10-19(11-13-20)33-27(39)24-25-29(41)37(23(16-38)18(2)3)26(31(25)15-14-30(24,4)43-31)28(40)32-17-36-22-9-7-6-8-21(22)34-35-36/h6-13,18,23-26,38H,5,14-17H2,1-4H3,(H,32,40)(H,33,39)/t23-,24+,25-,26?,30-,31?/m0/s1. The largest absolute Gasteiger partial charge is 0.494 e. The molecule has 2 bridgehead atoms. The Bertz CT molecular complexity index is 1540. The topological polar surface area (TPSA) is 148 Å². The molecule has 12 nitrogen and oxygen atoms in total. The van der Waals surface area contributed by atoms with Crippen LogP contribution < -0.4 is 15.4 Å². The van der Waals surface area contributed by atoms with Crippen molar-refractivity contribution < 1.29 is 29.0 Å². The van der Waals surface area contributed by atoms with Crippen molar-refractivity contribution in [3.63, 3.8) is 0 Å². The van der Waals surface area contributed by atoms with Crippen LogP contribution in [0.4, 0.5) is 5.69 Å². The van der Waals surface area contributed by atoms with E-state index in [9.17, 15) is 19.5 Å². The van der Waals surface area contributed by atoms with Crippen LogP contribution >= 0.6 is 0 Å². The third kappa shape index (κ3) is 4.63. The van der Waals surface area contributed by atoms with E-state index in [1.165, 1.54) is 4.90 Å². The molecule has 4 heterocycles. The smallest absolute Gasteiger partial charge is 0.247 e. The summed E-state index contributed by atoms with van der Waals surface area (Å²) in [5.74, 6) is -2.29. The lowest BCUT2D eigenvalue weighted by Gasteiger charge is -2.38. The SMILES string of the molecule is CCOc1ccc(NC(=O)[C@H]2[C@H]3C(=O)N([C@@H](CO)C(C)C)C(C(=O)NCn4nnc5ccccc54)C34CC[C@]2(C)O4)cc1. The summed E-state index contributed by atoms with van der Waals surface area (Å²) in [6, 6.07) is 12.8. The van der Waals surface area contributed by atoms with E-state index in [1.54, 1.807) is 28.9 Å². The van der Waals surface area contributed by atoms with Gasteiger partial charge in [-0.15, -0.1) is 5.10 Å². The number of likely N-dealkylation sites (tertiary alicyclic amines) is 1. The maximum Gasteiger partial charge on any atom is 0.247 e. The molecule has 2 unspecified atom stereocenters. The number of anilines is 1. The van der Waals surface area contributed by atoms with Gasteiger partial charge in [-0.3, -0.25) is 14.4 Å². The van der Waals surface area contributed by atoms with Crippen LogP contribution in [-0.4, -0.2) is 79.2 Å². The number of benzene rings is 2. The lowest BCUT2D eigenvalue weighted by Crippen LogP contribution is -2.59. The molecule has 3 amide bonds. The van der Waals surface area contributed by atoms with E-state index >= 15 is 0 Å². The summed E-state index contributed by atoms with van der Waals surface area (Å²) in [5, 5.41) is 24.6. The molecule has 2 aromatic carbocycles. The van der Waals surface area contributed by atoms with Gasteiger partial charge >= 0.3 is 0 Å². The quantitative estimate of drug-likeness (QED) is 0.326. The van der Waals surface area contributed by atoms with Crippen LogP contribution in [0.15, 0.2) is 48.5 Å². The fourth-order valence-corrected chi connectivity index (χ4v) is 7.35. The Labute approximate surface area is 249 Å². The minimum Gasteiger partial charge on any atom is -0.494 e. The number of ether oxygens (including phenoxy) is 2. The number of hydrogen-bond donors (Lipinski definition) is 3. The van der Waals surface area contributed by atoms with E-state index in [-0.39, 0.29) is 31.0 Å². The third-order valence-corrected chi connectivity index (χ3v) is 9.32. The highest BCUT2D eigenvalue weighted by Crippen LogP contribution is 2.63. The van der Waals surface area contributed by atoms with Crippen molar-refractivity contribution in [1.82, 2.24) is 25.2 Å². The van der Waals surface area contributed by atoms with E-state index in [0.29, 0.717) is 36.4 Å². The van der Waals surface area contributed by atoms with E-state index in [1.807, 2.05) is 52.0 Å². The van der Waals surface area contributed by atoms with Crippen molar-refractivity contribution in [3.8, 4) is 5.75 Å². The molecule has 43 heavy (non-hydrogen) atoms. The Morgan fingerprint density at radius 1 is 1.14 bits per heavy atom. The van der Waals surface area contributed by atoms with Crippen molar-refractivity contribution >= 4 is 34.4 Å². The number of aromatic nitrogens is 3. The van der Waals surface area contributed by atoms with E-state index in [0.717, 1.165) is 5.52 Å². The van der Waals surface area contributed by atoms with Gasteiger partial charge in [0, 0.05) is 5.69 Å². The number of nitrogens with zero attached hydrogens (tertiary/aromatic N) is 4. The normalized spacial score (nSPS) is 28.4. The molecule has 3 aromatic rings. The maximum absolute atomic E-state index is 14.4. The molecule has 12 heteroatoms. The van der Waals surface area contributed by atoms with Gasteiger partial charge in [0.25, 0.3) is 0 Å². The first kappa shape index (κ1) is 29.1. The summed E-state index contributed by atoms with van der Waals surface area (Å²) >= 11 is 0. The number of carbonyl (C=O) groups is 3. The molecule has 0 saturated carbocycles. The Morgan fingerprint density at radius 2 is 1.88 bits per heavy atom. The second-order valence-electron chi connectivity index (χ2n) is 12.2. The maximum atomic E-state index is 14.4. The van der Waals surface area contributed by atoms with E-state index < -0.39 is 41.0 Å². The fourth-order valence-electron chi connectivity index (χ4n) is 7.35. The minimum atomic E-state index is -1.22. The Morgan fingerprint density at radius 3 is 2.58 bits per heavy atom. The number of aliphatic hydroxyl groups excluding tert-OH is 1. The van der Waals surface area contributed by atoms with Crippen molar-refractivity contribution in [2.45, 2.75) is 70.5 Å². The number of carbonyl (C=O) groups excluding carboxylic acids is 3. The first-order chi connectivity index (χ1) is 20.6. The van der Waals surface area contributed by atoms with Crippen molar-refractivity contribution in [2.75, 3.05) is 18.5 Å². The zero-order valence-electron chi connectivity index (χ0n) is 24.8. The third-order valence-electron chi connectivity index (χ3n) is 9.32. The van der Waals surface area contributed by atoms with Gasteiger partial charge in [0.1, 0.15) is 29.6 Å². The number of amides is 3. The summed E-state index contributed by atoms with van der Waals surface area (Å²) in [7, 11) is 0. The van der Waals surface area contributed by atoms with Crippen LogP contribution in [0, 0.1) is 17.8 Å². The van der Waals surface area contributed by atoms with Crippen molar-refractivity contribution in [2.24, 2.45) is 17.8 Å². The average molecular weight is 591 g/mol. The molecule has 0 radical (unpaired) electrons. The fraction of sp³-hybridized carbons (Fsp3) is 0.516. The average Bonchev–Trinajstić information content (AvgIpc) is 3.69. The number of para-hydroxylation sites is 1. The minimum absolute atomic E-state index is 0.0308. The molecule has 3 N–H and O–H groups in total. The number of aliphatic hydroxyl groups is 1. The number of nitrogens with one attached hydrogen (secondary N) is 2. The molecular formula is C31H38N6O6. The van der Waals surface area contributed by atoms with Crippen molar-refractivity contribution in [1.29, 1.82) is 0 Å². The van der Waals surface area contributed by atoms with Gasteiger partial charge < -0.3 is 30.1 Å². The lowest BCUT2D eigenvalue weighted by molar-refractivity contribution is -0.150. The summed E-state index contributed by atoms with van der Waals surface area (Å²) in [6.45, 7) is 7.77. The monoisotopic (exact) mass is 590 g/mol. The van der Waals surface area contributed by atoms with Crippen LogP contribution in [0.1, 0.15) is 40.5 Å². The predicted octanol–water partition coefficient (Wildman–Crippen LogP) is 2.32. The summed E-state index contributed by atoms with van der Waals surface area (Å²) in [4.78, 5) is 43.9. The van der Waals surface area contributed by atoms with Gasteiger partial charge in [-0.1, -0.05) is 31.2 Å². The molecular weight excluding hydrogens is 552 g/mol. The van der Waals surface area contributed by atoms with Crippen molar-refractivity contribution in [3.05, 3.63) is 48.5 Å². The molecule has 0 aliphatic carbocycles. The molecule has 6 atom stereocenters. The lowest BCUT2D eigenvalue weighted by atomic mass is 9.66. The molecule has 6 rings (SSSR count). The summed E-state index contributed by atoms with van der Waals surface area (Å²) < 4.78 is 13.8. The molecule has 3 aliphatic heterocycles. The Hall–Kier alpha value is -4.03. The number of rotatable bonds is 10. The number of hydrogen-bond acceptors (Lipinski definition) is 8. The highest BCUT2D eigenvalue weighted by Gasteiger charge is 2.78. The van der Waals surface area contributed by atoms with Crippen LogP contribution in [0.2, 0.25) is 0 Å². The molecule has 3 fully saturated rings. The highest BCUT2D eigenvalue weighted by molar-refractivity contribution is 6.02. The first-order valence-corrected chi connectivity index (χ1v) is 14.9. The van der Waals surface area contributed by atoms with Gasteiger partial charge in [-0.25, -0.2) is 4.68 Å². The Balaban J connectivity index is 1.31. The summed E-state index contributed by atoms with van der Waals surface area (Å²) in [6.07, 6.45) is 0.943. The molecule has 3 aliphatic rings. The van der Waals surface area contributed by atoms with Crippen LogP contribution in [0.25, 0.3) is 11.0 Å². The van der Waals surface area contributed by atoms with E-state index in [2.05, 4.69) is 20.9 Å². The highest BCUT2D eigenvalue weighted by atomic mass is 16.5. The predicted molar refractivity (Wildman–Crippen MR) is 157 cm³/mol. The zero-order chi connectivity index (χ0) is 30.5. The van der Waals surface area contributed by atoms with Crippen LogP contribution in [0.5, 0.6) is 5.75 Å². The zero-order valence-corrected chi connectivity index (χ0v) is 24.8. The Kier molecular flexibility index (Phi) is 7.37. The molecule has 1 spiro atoms. The van der Waals surface area contributed by atoms with Gasteiger partial charge in [-0.05, 0) is 69.0 Å². The van der Waals surface area contributed by atoms with Crippen LogP contribution in [-0.2, 0) is 25.8 Å². The van der Waals surface area contributed by atoms with Gasteiger partial charge in [0.15, 0.2) is 0 Å². The number of fused-ring (bicyclic) bond motifs is 2. The van der Waals surface area contributed by atoms with Gasteiger partial charge in [0.05, 0.1) is 42.2 Å². The van der Waals surface area contributed by atoms with E-state index in [4.69, 9.17) is 9.47 Å². The van der Waals surface area contributed by atoms with Crippen LogP contribution in [0.3, 0.4) is 0 Å². The van der Waals surface area contributed by atoms with Gasteiger partial charge in [-0.2, -0.15) is 0 Å².